The van der Waals surface area contributed by atoms with Crippen LogP contribution in [-0.2, 0) is 4.79 Å². The number of unbranched alkanes of at least 4 members (excludes halogenated alkanes) is 8. The molecule has 27 heavy (non-hydrogen) atoms. The number of allylic oxidation sites excluding steroid dienone is 2. The quantitative estimate of drug-likeness (QED) is 0.219. The molecule has 0 aromatic carbocycles. The Bertz CT molecular complexity index is 447. The molecule has 0 fully saturated rings. The highest BCUT2D eigenvalue weighted by atomic mass is 16.1. The number of carbonyl (C=O) groups excluding carboxylic acids is 1. The molecule has 0 saturated carbocycles. The van der Waals surface area contributed by atoms with Crippen molar-refractivity contribution < 1.29 is 9.28 Å². The van der Waals surface area contributed by atoms with E-state index in [9.17, 15) is 4.79 Å². The summed E-state index contributed by atoms with van der Waals surface area (Å²) >= 11 is 0. The molecule has 0 aromatic heterocycles. The zero-order valence-corrected chi connectivity index (χ0v) is 18.1. The number of carbonyl (C=O) groups is 1. The number of hydrogen-bond acceptors (Lipinski definition) is 2. The maximum Gasteiger partial charge on any atom is 0.217 e. The maximum atomic E-state index is 11.1. The van der Waals surface area contributed by atoms with Gasteiger partial charge in [-0.05, 0) is 39.0 Å². The second kappa shape index (κ2) is 14.7. The molecule has 0 aliphatic carbocycles. The van der Waals surface area contributed by atoms with Crippen LogP contribution in [0.5, 0.6) is 0 Å². The van der Waals surface area contributed by atoms with Gasteiger partial charge in [-0.1, -0.05) is 51.2 Å². The minimum Gasteiger partial charge on any atom is -0.351 e. The van der Waals surface area contributed by atoms with Crippen LogP contribution in [0.15, 0.2) is 24.6 Å². The number of nitrogens with zero attached hydrogens (tertiary/aromatic N) is 1. The maximum absolute atomic E-state index is 11.1. The van der Waals surface area contributed by atoms with Gasteiger partial charge < -0.3 is 10.6 Å². The third-order valence-electron chi connectivity index (χ3n) is 5.76. The molecule has 1 heterocycles. The van der Waals surface area contributed by atoms with Crippen molar-refractivity contribution in [3.05, 3.63) is 24.6 Å². The minimum absolute atomic E-state index is 0.0620. The van der Waals surface area contributed by atoms with Gasteiger partial charge in [-0.3, -0.25) is 9.28 Å². The molecule has 0 saturated heterocycles. The number of likely N-dealkylation sites (N-methyl/N-ethyl adjacent to an activating group) is 1. The van der Waals surface area contributed by atoms with E-state index in [2.05, 4.69) is 49.0 Å². The van der Waals surface area contributed by atoms with Gasteiger partial charge in [0.1, 0.15) is 12.7 Å². The van der Waals surface area contributed by atoms with Gasteiger partial charge in [0.2, 0.25) is 5.91 Å². The Kier molecular flexibility index (Phi) is 13.0. The summed E-state index contributed by atoms with van der Waals surface area (Å²) in [4.78, 5) is 11.1. The van der Waals surface area contributed by atoms with Crippen LogP contribution in [0.2, 0.25) is 0 Å². The Hall–Kier alpha value is -1.29. The largest absolute Gasteiger partial charge is 0.351 e. The van der Waals surface area contributed by atoms with E-state index in [1.165, 1.54) is 70.6 Å². The van der Waals surface area contributed by atoms with Crippen LogP contribution < -0.4 is 10.6 Å². The van der Waals surface area contributed by atoms with Crippen molar-refractivity contribution in [2.24, 2.45) is 0 Å². The Morgan fingerprint density at radius 1 is 1.04 bits per heavy atom. The molecule has 1 amide bonds. The molecule has 0 bridgehead atoms. The highest BCUT2D eigenvalue weighted by molar-refractivity contribution is 5.72. The summed E-state index contributed by atoms with van der Waals surface area (Å²) in [5, 5.41) is 6.49. The molecule has 0 radical (unpaired) electrons. The summed E-state index contributed by atoms with van der Waals surface area (Å²) in [7, 11) is 0. The van der Waals surface area contributed by atoms with Crippen LogP contribution in [-0.4, -0.2) is 36.2 Å². The summed E-state index contributed by atoms with van der Waals surface area (Å²) in [6.07, 6.45) is 24.0. The summed E-state index contributed by atoms with van der Waals surface area (Å²) < 4.78 is 0.945. The fraction of sp³-hybridized carbons (Fsp3) is 0.783. The topological polar surface area (TPSA) is 41.1 Å². The first-order valence-corrected chi connectivity index (χ1v) is 11.3. The van der Waals surface area contributed by atoms with Gasteiger partial charge >= 0.3 is 0 Å². The number of hydrogen-bond donors (Lipinski definition) is 2. The number of amides is 1. The van der Waals surface area contributed by atoms with E-state index in [1.54, 1.807) is 6.92 Å². The van der Waals surface area contributed by atoms with E-state index < -0.39 is 0 Å². The van der Waals surface area contributed by atoms with Gasteiger partial charge in [0.05, 0.1) is 19.3 Å². The average Bonchev–Trinajstić information content (AvgIpc) is 3.05. The Morgan fingerprint density at radius 2 is 1.70 bits per heavy atom. The predicted octanol–water partition coefficient (Wildman–Crippen LogP) is 5.23. The van der Waals surface area contributed by atoms with E-state index in [1.807, 2.05) is 0 Å². The number of nitrogens with one attached hydrogen (secondary N) is 2. The molecule has 2 atom stereocenters. The highest BCUT2D eigenvalue weighted by Gasteiger charge is 2.36. The van der Waals surface area contributed by atoms with Crippen molar-refractivity contribution in [3.8, 4) is 0 Å². The van der Waals surface area contributed by atoms with E-state index in [0.29, 0.717) is 6.17 Å². The van der Waals surface area contributed by atoms with Crippen LogP contribution in [0.4, 0.5) is 0 Å². The van der Waals surface area contributed by atoms with Crippen molar-refractivity contribution in [3.63, 3.8) is 0 Å². The van der Waals surface area contributed by atoms with Crippen molar-refractivity contribution in [2.75, 3.05) is 19.6 Å². The molecular weight excluding hydrogens is 334 g/mol. The van der Waals surface area contributed by atoms with Crippen LogP contribution >= 0.6 is 0 Å². The second-order valence-corrected chi connectivity index (χ2v) is 7.94. The van der Waals surface area contributed by atoms with Crippen LogP contribution in [0, 0.1) is 0 Å². The fourth-order valence-electron chi connectivity index (χ4n) is 3.93. The molecule has 1 aliphatic rings. The molecule has 1 aliphatic heterocycles. The Labute approximate surface area is 168 Å². The number of quaternary nitrogens is 1. The molecular formula is C23H44N3O+. The molecule has 1 rings (SSSR count). The van der Waals surface area contributed by atoms with E-state index >= 15 is 0 Å². The van der Waals surface area contributed by atoms with E-state index in [0.717, 1.165) is 24.1 Å². The van der Waals surface area contributed by atoms with Gasteiger partial charge in [0.25, 0.3) is 0 Å². The Balaban J connectivity index is 2.11. The lowest BCUT2D eigenvalue weighted by atomic mass is 10.1. The molecule has 2 N–H and O–H groups in total. The summed E-state index contributed by atoms with van der Waals surface area (Å²) in [6, 6.07) is 0. The van der Waals surface area contributed by atoms with Crippen molar-refractivity contribution in [1.29, 1.82) is 0 Å². The third kappa shape index (κ3) is 9.99. The molecule has 4 heteroatoms. The van der Waals surface area contributed by atoms with E-state index in [4.69, 9.17) is 0 Å². The lowest BCUT2D eigenvalue weighted by Crippen LogP contribution is -2.55. The van der Waals surface area contributed by atoms with Crippen LogP contribution in [0.3, 0.4) is 0 Å². The SMILES string of the molecule is CCCCCC/C=C/CCCCCCC1NC=C[N+]1(CC)CCNC(C)=O. The van der Waals surface area contributed by atoms with Crippen molar-refractivity contribution >= 4 is 5.91 Å². The summed E-state index contributed by atoms with van der Waals surface area (Å²) in [5.41, 5.74) is 0. The first-order chi connectivity index (χ1) is 13.1. The van der Waals surface area contributed by atoms with Crippen LogP contribution in [0.1, 0.15) is 91.4 Å². The standard InChI is InChI=1S/C23H43N3O/c1-4-6-7-8-9-10-11-12-13-14-15-16-17-23-25-19-21-26(23,5-2)20-18-24-22(3)27/h10-11,19,21,23,25H,4-9,12-18,20H2,1-3H3/p+1/b11-10+. The van der Waals surface area contributed by atoms with E-state index in [-0.39, 0.29) is 5.91 Å². The highest BCUT2D eigenvalue weighted by Crippen LogP contribution is 2.22. The summed E-state index contributed by atoms with van der Waals surface area (Å²) in [5.74, 6) is 0.0620. The first-order valence-electron chi connectivity index (χ1n) is 11.3. The normalized spacial score (nSPS) is 21.7. The number of rotatable bonds is 16. The fourth-order valence-corrected chi connectivity index (χ4v) is 3.93. The van der Waals surface area contributed by atoms with Crippen molar-refractivity contribution in [2.45, 2.75) is 97.6 Å². The first kappa shape index (κ1) is 23.7. The second-order valence-electron chi connectivity index (χ2n) is 7.94. The van der Waals surface area contributed by atoms with Gasteiger partial charge in [0, 0.05) is 13.3 Å². The monoisotopic (exact) mass is 378 g/mol. The van der Waals surface area contributed by atoms with Gasteiger partial charge in [-0.25, -0.2) is 0 Å². The lowest BCUT2D eigenvalue weighted by Gasteiger charge is -2.37. The van der Waals surface area contributed by atoms with Crippen LogP contribution in [0.25, 0.3) is 0 Å². The molecule has 2 unspecified atom stereocenters. The zero-order valence-electron chi connectivity index (χ0n) is 18.1. The van der Waals surface area contributed by atoms with Gasteiger partial charge in [-0.2, -0.15) is 0 Å². The molecule has 0 spiro atoms. The zero-order chi connectivity index (χ0) is 19.8. The van der Waals surface area contributed by atoms with Gasteiger partial charge in [-0.15, -0.1) is 0 Å². The molecule has 4 nitrogen and oxygen atoms in total. The average molecular weight is 379 g/mol. The minimum atomic E-state index is 0.0620. The van der Waals surface area contributed by atoms with Gasteiger partial charge in [0.15, 0.2) is 6.17 Å². The van der Waals surface area contributed by atoms with Crippen molar-refractivity contribution in [1.82, 2.24) is 10.6 Å². The summed E-state index contributed by atoms with van der Waals surface area (Å²) in [6.45, 7) is 8.88. The lowest BCUT2D eigenvalue weighted by molar-refractivity contribution is -0.898. The molecule has 156 valence electrons. The third-order valence-corrected chi connectivity index (χ3v) is 5.76. The smallest absolute Gasteiger partial charge is 0.217 e. The molecule has 0 aromatic rings. The Morgan fingerprint density at radius 3 is 2.33 bits per heavy atom. The predicted molar refractivity (Wildman–Crippen MR) is 116 cm³/mol.